The molecule has 2 aromatic heterocycles. The van der Waals surface area contributed by atoms with Gasteiger partial charge in [0.1, 0.15) is 16.5 Å². The summed E-state index contributed by atoms with van der Waals surface area (Å²) < 4.78 is 5.25. The fourth-order valence-electron chi connectivity index (χ4n) is 2.03. The molecule has 0 radical (unpaired) electrons. The van der Waals surface area contributed by atoms with Crippen molar-refractivity contribution in [3.05, 3.63) is 33.6 Å². The van der Waals surface area contributed by atoms with Crippen molar-refractivity contribution in [1.29, 1.82) is 0 Å². The van der Waals surface area contributed by atoms with Crippen LogP contribution in [-0.4, -0.2) is 20.2 Å². The molecule has 108 valence electrons. The first-order chi connectivity index (χ1) is 10.1. The third-order valence-electron chi connectivity index (χ3n) is 3.12. The first-order valence-electron chi connectivity index (χ1n) is 6.37. The van der Waals surface area contributed by atoms with Crippen molar-refractivity contribution < 1.29 is 9.63 Å². The van der Waals surface area contributed by atoms with Crippen LogP contribution >= 0.6 is 11.3 Å². The molecule has 0 spiro atoms. The number of aromatic hydroxyl groups is 1. The number of aryl methyl sites for hydroxylation is 2. The number of thiazole rings is 1. The number of benzene rings is 1. The Kier molecular flexibility index (Phi) is 3.44. The molecule has 0 aliphatic heterocycles. The van der Waals surface area contributed by atoms with Crippen LogP contribution in [0.3, 0.4) is 0 Å². The van der Waals surface area contributed by atoms with Gasteiger partial charge in [0.05, 0.1) is 0 Å². The summed E-state index contributed by atoms with van der Waals surface area (Å²) in [6.45, 7) is 4.06. The lowest BCUT2D eigenvalue weighted by Crippen LogP contribution is -1.94. The van der Waals surface area contributed by atoms with Gasteiger partial charge in [-0.25, -0.2) is 4.98 Å². The van der Waals surface area contributed by atoms with Gasteiger partial charge in [-0.05, 0) is 37.1 Å². The molecule has 0 atom stereocenters. The minimum absolute atomic E-state index is 0.287. The molecule has 6 nitrogen and oxygen atoms in total. The van der Waals surface area contributed by atoms with Crippen LogP contribution in [0.2, 0.25) is 0 Å². The lowest BCUT2D eigenvalue weighted by Gasteiger charge is -2.04. The summed E-state index contributed by atoms with van der Waals surface area (Å²) in [7, 11) is 0. The van der Waals surface area contributed by atoms with E-state index in [-0.39, 0.29) is 5.75 Å². The lowest BCUT2D eigenvalue weighted by atomic mass is 10.1. The standard InChI is InChI=1S/C14H14N4O2S/c1-7-3-9(4-8(2)12(7)19)13-17-14(20-18-13)10-6-21-11(5-15)16-10/h3-4,6,19H,5,15H2,1-2H3. The highest BCUT2D eigenvalue weighted by atomic mass is 32.1. The summed E-state index contributed by atoms with van der Waals surface area (Å²) in [5, 5.41) is 16.4. The number of phenols is 1. The smallest absolute Gasteiger partial charge is 0.277 e. The Morgan fingerprint density at radius 1 is 1.24 bits per heavy atom. The zero-order valence-electron chi connectivity index (χ0n) is 11.6. The topological polar surface area (TPSA) is 98.1 Å². The van der Waals surface area contributed by atoms with Crippen LogP contribution in [0, 0.1) is 13.8 Å². The number of phenolic OH excluding ortho intramolecular Hbond substituents is 1. The average Bonchev–Trinajstić information content (AvgIpc) is 3.12. The van der Waals surface area contributed by atoms with Gasteiger partial charge >= 0.3 is 0 Å². The van der Waals surface area contributed by atoms with Gasteiger partial charge in [-0.1, -0.05) is 5.16 Å². The maximum absolute atomic E-state index is 9.81. The molecule has 1 aromatic carbocycles. The quantitative estimate of drug-likeness (QED) is 0.771. The van der Waals surface area contributed by atoms with Gasteiger partial charge in [0.2, 0.25) is 5.82 Å². The van der Waals surface area contributed by atoms with E-state index in [4.69, 9.17) is 10.3 Å². The second-order valence-electron chi connectivity index (χ2n) is 4.71. The van der Waals surface area contributed by atoms with Gasteiger partial charge in [-0.15, -0.1) is 11.3 Å². The molecule has 3 N–H and O–H groups in total. The highest BCUT2D eigenvalue weighted by molar-refractivity contribution is 7.09. The van der Waals surface area contributed by atoms with E-state index >= 15 is 0 Å². The molecule has 0 saturated carbocycles. The molecule has 3 aromatic rings. The first-order valence-corrected chi connectivity index (χ1v) is 7.25. The van der Waals surface area contributed by atoms with Gasteiger partial charge in [-0.2, -0.15) is 4.98 Å². The fraction of sp³-hybridized carbons (Fsp3) is 0.214. The summed E-state index contributed by atoms with van der Waals surface area (Å²) in [5.41, 5.74) is 8.52. The highest BCUT2D eigenvalue weighted by Crippen LogP contribution is 2.29. The Labute approximate surface area is 125 Å². The summed E-state index contributed by atoms with van der Waals surface area (Å²) >= 11 is 1.46. The molecule has 7 heteroatoms. The monoisotopic (exact) mass is 302 g/mol. The number of nitrogens with two attached hydrogens (primary N) is 1. The number of aromatic nitrogens is 3. The van der Waals surface area contributed by atoms with E-state index in [9.17, 15) is 5.11 Å². The van der Waals surface area contributed by atoms with E-state index in [1.807, 2.05) is 31.4 Å². The van der Waals surface area contributed by atoms with Crippen LogP contribution in [-0.2, 0) is 6.54 Å². The van der Waals surface area contributed by atoms with Gasteiger partial charge in [0.15, 0.2) is 0 Å². The summed E-state index contributed by atoms with van der Waals surface area (Å²) in [6, 6.07) is 3.65. The van der Waals surface area contributed by atoms with Gasteiger partial charge < -0.3 is 15.4 Å². The third kappa shape index (κ3) is 2.53. The van der Waals surface area contributed by atoms with Gasteiger partial charge in [0, 0.05) is 17.5 Å². The minimum Gasteiger partial charge on any atom is -0.507 e. The Balaban J connectivity index is 1.98. The highest BCUT2D eigenvalue weighted by Gasteiger charge is 2.15. The maximum atomic E-state index is 9.81. The van der Waals surface area contributed by atoms with Crippen LogP contribution in [0.1, 0.15) is 16.1 Å². The minimum atomic E-state index is 0.287. The summed E-state index contributed by atoms with van der Waals surface area (Å²) in [6.07, 6.45) is 0. The van der Waals surface area contributed by atoms with E-state index in [1.54, 1.807) is 0 Å². The second kappa shape index (κ2) is 5.27. The normalized spacial score (nSPS) is 11.0. The van der Waals surface area contributed by atoms with E-state index in [0.717, 1.165) is 21.7 Å². The number of hydrogen-bond donors (Lipinski definition) is 2. The average molecular weight is 302 g/mol. The summed E-state index contributed by atoms with van der Waals surface area (Å²) in [5.74, 6) is 1.12. The Morgan fingerprint density at radius 3 is 2.57 bits per heavy atom. The van der Waals surface area contributed by atoms with Gasteiger partial charge in [0.25, 0.3) is 5.89 Å². The largest absolute Gasteiger partial charge is 0.507 e. The van der Waals surface area contributed by atoms with Crippen LogP contribution in [0.5, 0.6) is 5.75 Å². The Hall–Kier alpha value is -2.25. The van der Waals surface area contributed by atoms with Crippen molar-refractivity contribution in [3.8, 4) is 28.7 Å². The Bertz CT molecular complexity index is 771. The van der Waals surface area contributed by atoms with Crippen LogP contribution < -0.4 is 5.73 Å². The molecule has 21 heavy (non-hydrogen) atoms. The zero-order chi connectivity index (χ0) is 15.0. The second-order valence-corrected chi connectivity index (χ2v) is 5.66. The van der Waals surface area contributed by atoms with Crippen LogP contribution in [0.4, 0.5) is 0 Å². The van der Waals surface area contributed by atoms with E-state index < -0.39 is 0 Å². The van der Waals surface area contributed by atoms with Crippen molar-refractivity contribution in [2.75, 3.05) is 0 Å². The maximum Gasteiger partial charge on any atom is 0.277 e. The predicted octanol–water partition coefficient (Wildman–Crippen LogP) is 2.64. The predicted molar refractivity (Wildman–Crippen MR) is 79.9 cm³/mol. The van der Waals surface area contributed by atoms with Gasteiger partial charge in [-0.3, -0.25) is 0 Å². The Morgan fingerprint density at radius 2 is 1.95 bits per heavy atom. The number of hydrogen-bond acceptors (Lipinski definition) is 7. The van der Waals surface area contributed by atoms with Crippen molar-refractivity contribution in [1.82, 2.24) is 15.1 Å². The number of rotatable bonds is 3. The van der Waals surface area contributed by atoms with Crippen LogP contribution in [0.25, 0.3) is 23.0 Å². The molecule has 0 fully saturated rings. The molecule has 2 heterocycles. The molecule has 3 rings (SSSR count). The molecule has 0 amide bonds. The van der Waals surface area contributed by atoms with Crippen LogP contribution in [0.15, 0.2) is 22.0 Å². The van der Waals surface area contributed by atoms with Crippen molar-refractivity contribution in [3.63, 3.8) is 0 Å². The van der Waals surface area contributed by atoms with Crippen molar-refractivity contribution in [2.45, 2.75) is 20.4 Å². The lowest BCUT2D eigenvalue weighted by molar-refractivity contribution is 0.431. The molecule has 0 aliphatic rings. The fourth-order valence-corrected chi connectivity index (χ4v) is 2.68. The van der Waals surface area contributed by atoms with Crippen molar-refractivity contribution in [2.24, 2.45) is 5.73 Å². The molecule has 0 saturated heterocycles. The van der Waals surface area contributed by atoms with E-state index in [2.05, 4.69) is 15.1 Å². The molecular formula is C14H14N4O2S. The number of nitrogens with zero attached hydrogens (tertiary/aromatic N) is 3. The first kappa shape index (κ1) is 13.7. The third-order valence-corrected chi connectivity index (χ3v) is 3.99. The molecular weight excluding hydrogens is 288 g/mol. The molecule has 0 bridgehead atoms. The zero-order valence-corrected chi connectivity index (χ0v) is 12.4. The molecule has 0 aliphatic carbocycles. The SMILES string of the molecule is Cc1cc(-c2noc(-c3csc(CN)n3)n2)cc(C)c1O. The van der Waals surface area contributed by atoms with E-state index in [1.165, 1.54) is 11.3 Å². The van der Waals surface area contributed by atoms with Crippen molar-refractivity contribution >= 4 is 11.3 Å². The summed E-state index contributed by atoms with van der Waals surface area (Å²) in [4.78, 5) is 8.67. The van der Waals surface area contributed by atoms with E-state index in [0.29, 0.717) is 24.0 Å². The molecule has 0 unspecified atom stereocenters.